The van der Waals surface area contributed by atoms with Crippen LogP contribution >= 0.6 is 0 Å². The van der Waals surface area contributed by atoms with Crippen molar-refractivity contribution in [2.24, 2.45) is 5.92 Å². The SMILES string of the molecule is CC(C)c1cc([C@H]2CCCN2C(=O)c2ccc(NC(=O)C3CCC3)cc2)no1. The number of benzene rings is 1. The van der Waals surface area contributed by atoms with E-state index in [2.05, 4.69) is 24.3 Å². The predicted molar refractivity (Wildman–Crippen MR) is 106 cm³/mol. The second-order valence-corrected chi connectivity index (χ2v) is 8.16. The molecule has 1 aliphatic carbocycles. The minimum atomic E-state index is -0.0401. The van der Waals surface area contributed by atoms with E-state index in [1.54, 1.807) is 12.1 Å². The molecule has 2 fully saturated rings. The first-order valence-corrected chi connectivity index (χ1v) is 10.2. The highest BCUT2D eigenvalue weighted by atomic mass is 16.5. The van der Waals surface area contributed by atoms with Gasteiger partial charge in [0.05, 0.1) is 6.04 Å². The third kappa shape index (κ3) is 3.68. The van der Waals surface area contributed by atoms with Crippen LogP contribution in [0.3, 0.4) is 0 Å². The third-order valence-electron chi connectivity index (χ3n) is 5.85. The number of anilines is 1. The first-order valence-electron chi connectivity index (χ1n) is 10.2. The van der Waals surface area contributed by atoms with Crippen molar-refractivity contribution in [1.82, 2.24) is 10.1 Å². The van der Waals surface area contributed by atoms with Crippen LogP contribution in [0.4, 0.5) is 5.69 Å². The Morgan fingerprint density at radius 1 is 1.14 bits per heavy atom. The van der Waals surface area contributed by atoms with Crippen LogP contribution in [0.2, 0.25) is 0 Å². The molecule has 1 atom stereocenters. The number of likely N-dealkylation sites (tertiary alicyclic amines) is 1. The van der Waals surface area contributed by atoms with Crippen molar-refractivity contribution in [3.63, 3.8) is 0 Å². The van der Waals surface area contributed by atoms with Crippen molar-refractivity contribution in [2.75, 3.05) is 11.9 Å². The number of carbonyl (C=O) groups is 2. The summed E-state index contributed by atoms with van der Waals surface area (Å²) in [6.45, 7) is 4.84. The minimum Gasteiger partial charge on any atom is -0.361 e. The van der Waals surface area contributed by atoms with Gasteiger partial charge < -0.3 is 14.7 Å². The Balaban J connectivity index is 1.44. The zero-order chi connectivity index (χ0) is 19.7. The van der Waals surface area contributed by atoms with Gasteiger partial charge in [-0.15, -0.1) is 0 Å². The van der Waals surface area contributed by atoms with Crippen molar-refractivity contribution in [3.8, 4) is 0 Å². The largest absolute Gasteiger partial charge is 0.361 e. The molecule has 1 saturated carbocycles. The average Bonchev–Trinajstić information content (AvgIpc) is 3.29. The quantitative estimate of drug-likeness (QED) is 0.826. The fraction of sp³-hybridized carbons (Fsp3) is 0.500. The van der Waals surface area contributed by atoms with Gasteiger partial charge in [-0.2, -0.15) is 0 Å². The summed E-state index contributed by atoms with van der Waals surface area (Å²) < 4.78 is 5.43. The summed E-state index contributed by atoms with van der Waals surface area (Å²) in [5.74, 6) is 1.34. The van der Waals surface area contributed by atoms with Crippen LogP contribution < -0.4 is 5.32 Å². The second kappa shape index (κ2) is 7.78. The zero-order valence-electron chi connectivity index (χ0n) is 16.5. The van der Waals surface area contributed by atoms with Crippen LogP contribution in [0, 0.1) is 5.92 Å². The monoisotopic (exact) mass is 381 g/mol. The summed E-state index contributed by atoms with van der Waals surface area (Å²) in [5.41, 5.74) is 2.20. The van der Waals surface area contributed by atoms with Gasteiger partial charge in [-0.25, -0.2) is 0 Å². The third-order valence-corrected chi connectivity index (χ3v) is 5.85. The minimum absolute atomic E-state index is 0.00605. The number of carbonyl (C=O) groups excluding carboxylic acids is 2. The van der Waals surface area contributed by atoms with E-state index in [0.717, 1.165) is 49.2 Å². The van der Waals surface area contributed by atoms with Crippen molar-refractivity contribution in [3.05, 3.63) is 47.3 Å². The number of hydrogen-bond acceptors (Lipinski definition) is 4. The van der Waals surface area contributed by atoms with E-state index < -0.39 is 0 Å². The van der Waals surface area contributed by atoms with Gasteiger partial charge >= 0.3 is 0 Å². The number of nitrogens with zero attached hydrogens (tertiary/aromatic N) is 2. The number of rotatable bonds is 5. The number of aromatic nitrogens is 1. The molecule has 2 aromatic rings. The number of nitrogens with one attached hydrogen (secondary N) is 1. The molecular formula is C22H27N3O3. The normalized spacial score (nSPS) is 19.7. The summed E-state index contributed by atoms with van der Waals surface area (Å²) in [7, 11) is 0. The van der Waals surface area contributed by atoms with E-state index in [0.29, 0.717) is 12.1 Å². The average molecular weight is 381 g/mol. The smallest absolute Gasteiger partial charge is 0.254 e. The Morgan fingerprint density at radius 3 is 2.50 bits per heavy atom. The fourth-order valence-corrected chi connectivity index (χ4v) is 3.83. The van der Waals surface area contributed by atoms with E-state index in [1.807, 2.05) is 23.1 Å². The highest BCUT2D eigenvalue weighted by Crippen LogP contribution is 2.34. The van der Waals surface area contributed by atoms with Gasteiger partial charge in [0.1, 0.15) is 11.5 Å². The molecule has 1 saturated heterocycles. The van der Waals surface area contributed by atoms with Gasteiger partial charge in [-0.05, 0) is 49.9 Å². The van der Waals surface area contributed by atoms with Gasteiger partial charge in [-0.3, -0.25) is 9.59 Å². The molecule has 0 radical (unpaired) electrons. The topological polar surface area (TPSA) is 75.4 Å². The summed E-state index contributed by atoms with van der Waals surface area (Å²) >= 11 is 0. The molecule has 6 heteroatoms. The Morgan fingerprint density at radius 2 is 1.89 bits per heavy atom. The lowest BCUT2D eigenvalue weighted by Crippen LogP contribution is -2.30. The van der Waals surface area contributed by atoms with E-state index in [1.165, 1.54) is 0 Å². The molecule has 1 aliphatic heterocycles. The van der Waals surface area contributed by atoms with Crippen LogP contribution in [0.5, 0.6) is 0 Å². The summed E-state index contributed by atoms with van der Waals surface area (Å²) in [6, 6.07) is 9.12. The molecule has 1 N–H and O–H groups in total. The van der Waals surface area contributed by atoms with Crippen molar-refractivity contribution in [2.45, 2.75) is 57.9 Å². The predicted octanol–water partition coefficient (Wildman–Crippen LogP) is 4.51. The van der Waals surface area contributed by atoms with Gasteiger partial charge in [0, 0.05) is 35.7 Å². The lowest BCUT2D eigenvalue weighted by Gasteiger charge is -2.24. The maximum atomic E-state index is 13.0. The Hall–Kier alpha value is -2.63. The maximum absolute atomic E-state index is 13.0. The molecule has 1 aromatic carbocycles. The molecule has 4 rings (SSSR count). The van der Waals surface area contributed by atoms with Crippen molar-refractivity contribution < 1.29 is 14.1 Å². The van der Waals surface area contributed by atoms with Gasteiger partial charge in [0.25, 0.3) is 5.91 Å². The first kappa shape index (κ1) is 18.7. The first-order chi connectivity index (χ1) is 13.5. The van der Waals surface area contributed by atoms with E-state index in [4.69, 9.17) is 4.52 Å². The maximum Gasteiger partial charge on any atom is 0.254 e. The Bertz CT molecular complexity index is 852. The van der Waals surface area contributed by atoms with Crippen LogP contribution in [-0.2, 0) is 4.79 Å². The Kier molecular flexibility index (Phi) is 5.20. The van der Waals surface area contributed by atoms with Crippen LogP contribution in [0.25, 0.3) is 0 Å². The Labute approximate surface area is 165 Å². The highest BCUT2D eigenvalue weighted by Gasteiger charge is 2.33. The molecule has 0 spiro atoms. The summed E-state index contributed by atoms with van der Waals surface area (Å²) in [4.78, 5) is 27.0. The van der Waals surface area contributed by atoms with Crippen LogP contribution in [-0.4, -0.2) is 28.4 Å². The van der Waals surface area contributed by atoms with Gasteiger partial charge in [0.2, 0.25) is 5.91 Å². The number of amides is 2. The molecule has 6 nitrogen and oxygen atoms in total. The van der Waals surface area contributed by atoms with Gasteiger partial charge in [-0.1, -0.05) is 25.4 Å². The lowest BCUT2D eigenvalue weighted by molar-refractivity contribution is -0.122. The van der Waals surface area contributed by atoms with E-state index in [-0.39, 0.29) is 29.7 Å². The van der Waals surface area contributed by atoms with Gasteiger partial charge in [0.15, 0.2) is 0 Å². The molecule has 0 unspecified atom stereocenters. The molecular weight excluding hydrogens is 354 g/mol. The molecule has 0 bridgehead atoms. The molecule has 28 heavy (non-hydrogen) atoms. The van der Waals surface area contributed by atoms with E-state index >= 15 is 0 Å². The molecule has 1 aromatic heterocycles. The van der Waals surface area contributed by atoms with Crippen LogP contribution in [0.15, 0.2) is 34.9 Å². The summed E-state index contributed by atoms with van der Waals surface area (Å²) in [6.07, 6.45) is 4.92. The standard InChI is InChI=1S/C22H27N3O3/c1-14(2)20-13-18(24-28-20)19-7-4-12-25(19)22(27)16-8-10-17(11-9-16)23-21(26)15-5-3-6-15/h8-11,13-15,19H,3-7,12H2,1-2H3,(H,23,26)/t19-/m1/s1. The molecule has 2 amide bonds. The van der Waals surface area contributed by atoms with Crippen molar-refractivity contribution >= 4 is 17.5 Å². The fourth-order valence-electron chi connectivity index (χ4n) is 3.83. The highest BCUT2D eigenvalue weighted by molar-refractivity contribution is 5.96. The summed E-state index contributed by atoms with van der Waals surface area (Å²) in [5, 5.41) is 7.15. The molecule has 148 valence electrons. The zero-order valence-corrected chi connectivity index (χ0v) is 16.5. The van der Waals surface area contributed by atoms with Crippen LogP contribution in [0.1, 0.15) is 79.7 Å². The molecule has 2 aliphatic rings. The molecule has 2 heterocycles. The lowest BCUT2D eigenvalue weighted by atomic mass is 9.85. The van der Waals surface area contributed by atoms with Crippen molar-refractivity contribution in [1.29, 1.82) is 0 Å². The second-order valence-electron chi connectivity index (χ2n) is 8.16. The van der Waals surface area contributed by atoms with E-state index in [9.17, 15) is 9.59 Å². The number of hydrogen-bond donors (Lipinski definition) is 1.